The first-order valence-electron chi connectivity index (χ1n) is 3.42. The fourth-order valence-corrected chi connectivity index (χ4v) is 1.38. The molecule has 0 bridgehead atoms. The highest BCUT2D eigenvalue weighted by atomic mass is 32.2. The number of aryl methyl sites for hydroxylation is 1. The summed E-state index contributed by atoms with van der Waals surface area (Å²) in [6.45, 7) is 1.94. The first-order chi connectivity index (χ1) is 5.74. The number of carbonyl (C=O) groups excluding carboxylic acids is 1. The van der Waals surface area contributed by atoms with E-state index in [1.807, 2.05) is 19.1 Å². The van der Waals surface area contributed by atoms with Crippen LogP contribution in [0.3, 0.4) is 0 Å². The summed E-state index contributed by atoms with van der Waals surface area (Å²) >= 11 is 0. The van der Waals surface area contributed by atoms with Gasteiger partial charge in [0.05, 0.1) is 4.90 Å². The molecule has 0 aliphatic carbocycles. The van der Waals surface area contributed by atoms with Crippen molar-refractivity contribution in [1.82, 2.24) is 4.72 Å². The van der Waals surface area contributed by atoms with Crippen LogP contribution >= 0.6 is 0 Å². The smallest absolute Gasteiger partial charge is 0.219 e. The van der Waals surface area contributed by atoms with Gasteiger partial charge in [0, 0.05) is 0 Å². The van der Waals surface area contributed by atoms with E-state index in [1.54, 1.807) is 12.1 Å². The lowest BCUT2D eigenvalue weighted by atomic mass is 10.2. The van der Waals surface area contributed by atoms with E-state index in [-0.39, 0.29) is 0 Å². The van der Waals surface area contributed by atoms with Crippen LogP contribution in [0.2, 0.25) is 0 Å². The van der Waals surface area contributed by atoms with Crippen LogP contribution in [0.25, 0.3) is 0 Å². The van der Waals surface area contributed by atoms with Gasteiger partial charge in [0.1, 0.15) is 0 Å². The van der Waals surface area contributed by atoms with Crippen LogP contribution in [-0.2, 0) is 15.8 Å². The van der Waals surface area contributed by atoms with E-state index in [4.69, 9.17) is 0 Å². The van der Waals surface area contributed by atoms with Crippen molar-refractivity contribution in [3.63, 3.8) is 0 Å². The molecule has 0 radical (unpaired) electrons. The highest BCUT2D eigenvalue weighted by molar-refractivity contribution is 7.83. The number of carbonyl (C=O) groups is 1. The van der Waals surface area contributed by atoms with Gasteiger partial charge in [-0.25, -0.2) is 4.21 Å². The molecule has 1 amide bonds. The number of nitrogens with one attached hydrogen (secondary N) is 1. The molecule has 0 fully saturated rings. The van der Waals surface area contributed by atoms with Crippen LogP contribution in [0.15, 0.2) is 29.2 Å². The highest BCUT2D eigenvalue weighted by Gasteiger charge is 1.99. The van der Waals surface area contributed by atoms with Gasteiger partial charge < -0.3 is 0 Å². The summed E-state index contributed by atoms with van der Waals surface area (Å²) in [5, 5.41) is 0. The van der Waals surface area contributed by atoms with Crippen LogP contribution in [0.1, 0.15) is 5.56 Å². The molecule has 0 saturated carbocycles. The molecule has 0 spiro atoms. The predicted octanol–water partition coefficient (Wildman–Crippen LogP) is 0.764. The lowest BCUT2D eigenvalue weighted by molar-refractivity contribution is -0.108. The predicted molar refractivity (Wildman–Crippen MR) is 46.8 cm³/mol. The van der Waals surface area contributed by atoms with Gasteiger partial charge in [-0.3, -0.25) is 9.52 Å². The molecule has 1 rings (SSSR count). The molecule has 1 N–H and O–H groups in total. The van der Waals surface area contributed by atoms with Gasteiger partial charge in [-0.2, -0.15) is 0 Å². The number of amides is 1. The molecule has 3 nitrogen and oxygen atoms in total. The lowest BCUT2D eigenvalue weighted by Gasteiger charge is -1.98. The minimum absolute atomic E-state index is 0.427. The molecular formula is C8H9NO2S. The Hall–Kier alpha value is -1.16. The Kier molecular flexibility index (Phi) is 2.99. The van der Waals surface area contributed by atoms with Crippen molar-refractivity contribution in [3.05, 3.63) is 29.8 Å². The van der Waals surface area contributed by atoms with Crippen molar-refractivity contribution in [2.45, 2.75) is 11.8 Å². The summed E-state index contributed by atoms with van der Waals surface area (Å²) < 4.78 is 13.3. The topological polar surface area (TPSA) is 46.2 Å². The first-order valence-corrected chi connectivity index (χ1v) is 4.57. The number of hydrogen-bond acceptors (Lipinski definition) is 2. The fraction of sp³-hybridized carbons (Fsp3) is 0.125. The third-order valence-electron chi connectivity index (χ3n) is 1.39. The third-order valence-corrected chi connectivity index (χ3v) is 2.40. The van der Waals surface area contributed by atoms with Crippen molar-refractivity contribution >= 4 is 17.4 Å². The average Bonchev–Trinajstić information content (AvgIpc) is 2.06. The molecular weight excluding hydrogens is 174 g/mol. The van der Waals surface area contributed by atoms with E-state index in [9.17, 15) is 9.00 Å². The van der Waals surface area contributed by atoms with Gasteiger partial charge in [-0.15, -0.1) is 0 Å². The minimum Gasteiger partial charge on any atom is -0.278 e. The summed E-state index contributed by atoms with van der Waals surface area (Å²) in [7, 11) is -1.41. The molecule has 0 aliphatic rings. The van der Waals surface area contributed by atoms with Gasteiger partial charge in [-0.05, 0) is 19.1 Å². The minimum atomic E-state index is -1.41. The average molecular weight is 183 g/mol. The molecule has 12 heavy (non-hydrogen) atoms. The normalized spacial score (nSPS) is 12.1. The Morgan fingerprint density at radius 2 is 1.92 bits per heavy atom. The van der Waals surface area contributed by atoms with Gasteiger partial charge in [0.25, 0.3) is 0 Å². The van der Waals surface area contributed by atoms with Gasteiger partial charge in [-0.1, -0.05) is 17.7 Å². The standard InChI is InChI=1S/C8H9NO2S/c1-7-2-4-8(5-3-7)12(11)9-6-10/h2-6H,1H3,(H,9,10). The number of benzene rings is 1. The largest absolute Gasteiger partial charge is 0.278 e. The summed E-state index contributed by atoms with van der Waals surface area (Å²) in [5.74, 6) is 0. The zero-order valence-electron chi connectivity index (χ0n) is 6.61. The molecule has 64 valence electrons. The highest BCUT2D eigenvalue weighted by Crippen LogP contribution is 2.05. The van der Waals surface area contributed by atoms with E-state index >= 15 is 0 Å². The van der Waals surface area contributed by atoms with Crippen LogP contribution in [0, 0.1) is 6.92 Å². The number of rotatable bonds is 3. The fourth-order valence-electron chi connectivity index (χ4n) is 0.774. The number of hydrogen-bond donors (Lipinski definition) is 1. The third kappa shape index (κ3) is 2.17. The molecule has 1 unspecified atom stereocenters. The SMILES string of the molecule is Cc1ccc(S(=O)NC=O)cc1. The lowest BCUT2D eigenvalue weighted by Crippen LogP contribution is -2.14. The molecule has 0 heterocycles. The monoisotopic (exact) mass is 183 g/mol. The Bertz CT molecular complexity index is 294. The van der Waals surface area contributed by atoms with Crippen LogP contribution in [-0.4, -0.2) is 10.6 Å². The van der Waals surface area contributed by atoms with E-state index in [2.05, 4.69) is 4.72 Å². The van der Waals surface area contributed by atoms with E-state index in [0.717, 1.165) is 5.56 Å². The van der Waals surface area contributed by atoms with Crippen molar-refractivity contribution in [1.29, 1.82) is 0 Å². The second-order valence-electron chi connectivity index (χ2n) is 2.32. The molecule has 1 aromatic carbocycles. The molecule has 0 saturated heterocycles. The van der Waals surface area contributed by atoms with E-state index in [1.165, 1.54) is 0 Å². The second kappa shape index (κ2) is 4.01. The van der Waals surface area contributed by atoms with Crippen molar-refractivity contribution in [3.8, 4) is 0 Å². The van der Waals surface area contributed by atoms with Crippen LogP contribution in [0.4, 0.5) is 0 Å². The maximum Gasteiger partial charge on any atom is 0.219 e. The quantitative estimate of drug-likeness (QED) is 0.703. The van der Waals surface area contributed by atoms with Crippen molar-refractivity contribution in [2.24, 2.45) is 0 Å². The zero-order valence-corrected chi connectivity index (χ0v) is 7.43. The Balaban J connectivity index is 2.82. The second-order valence-corrected chi connectivity index (χ2v) is 3.56. The molecule has 4 heteroatoms. The molecule has 1 aromatic rings. The van der Waals surface area contributed by atoms with Gasteiger partial charge >= 0.3 is 0 Å². The zero-order chi connectivity index (χ0) is 8.97. The summed E-state index contributed by atoms with van der Waals surface area (Å²) in [5.41, 5.74) is 1.10. The van der Waals surface area contributed by atoms with Crippen molar-refractivity contribution < 1.29 is 9.00 Å². The first kappa shape index (κ1) is 8.93. The Morgan fingerprint density at radius 3 is 2.42 bits per heavy atom. The maximum absolute atomic E-state index is 11.1. The molecule has 1 atom stereocenters. The summed E-state index contributed by atoms with van der Waals surface area (Å²) in [6.07, 6.45) is 0.427. The van der Waals surface area contributed by atoms with Crippen molar-refractivity contribution in [2.75, 3.05) is 0 Å². The molecule has 0 aliphatic heterocycles. The Labute approximate surface area is 73.4 Å². The van der Waals surface area contributed by atoms with Crippen LogP contribution in [0.5, 0.6) is 0 Å². The van der Waals surface area contributed by atoms with E-state index < -0.39 is 11.0 Å². The summed E-state index contributed by atoms with van der Waals surface area (Å²) in [4.78, 5) is 10.6. The van der Waals surface area contributed by atoms with Gasteiger partial charge in [0.2, 0.25) is 6.41 Å². The van der Waals surface area contributed by atoms with E-state index in [0.29, 0.717) is 11.3 Å². The molecule has 0 aromatic heterocycles. The maximum atomic E-state index is 11.1. The Morgan fingerprint density at radius 1 is 1.33 bits per heavy atom. The summed E-state index contributed by atoms with van der Waals surface area (Å²) in [6, 6.07) is 7.14. The van der Waals surface area contributed by atoms with Gasteiger partial charge in [0.15, 0.2) is 11.0 Å². The van der Waals surface area contributed by atoms with Crippen LogP contribution < -0.4 is 4.72 Å².